The first-order valence-electron chi connectivity index (χ1n) is 10.4. The molecule has 0 amide bonds. The Morgan fingerprint density at radius 1 is 1.00 bits per heavy atom. The normalized spacial score (nSPS) is 15.2. The van der Waals surface area contributed by atoms with Crippen LogP contribution < -0.4 is 4.90 Å². The van der Waals surface area contributed by atoms with Crippen LogP contribution in [0.3, 0.4) is 0 Å². The average molecular weight is 412 g/mol. The van der Waals surface area contributed by atoms with Gasteiger partial charge in [-0.1, -0.05) is 17.3 Å². The number of aromatic nitrogens is 5. The Kier molecular flexibility index (Phi) is 4.33. The second-order valence-corrected chi connectivity index (χ2v) is 7.89. The molecule has 0 N–H and O–H groups in total. The van der Waals surface area contributed by atoms with Crippen LogP contribution in [0.15, 0.2) is 63.9 Å². The molecule has 1 fully saturated rings. The van der Waals surface area contributed by atoms with E-state index in [0.717, 1.165) is 66.0 Å². The lowest BCUT2D eigenvalue weighted by atomic mass is 9.93. The minimum Gasteiger partial charge on any atom is -0.451 e. The van der Waals surface area contributed by atoms with Crippen LogP contribution in [0.2, 0.25) is 0 Å². The maximum absolute atomic E-state index is 5.80. The highest BCUT2D eigenvalue weighted by Crippen LogP contribution is 2.28. The van der Waals surface area contributed by atoms with Crippen molar-refractivity contribution in [3.8, 4) is 11.7 Å². The molecule has 0 atom stereocenters. The number of benzene rings is 1. The molecule has 1 saturated heterocycles. The van der Waals surface area contributed by atoms with Crippen LogP contribution in [0, 0.1) is 5.92 Å². The van der Waals surface area contributed by atoms with Crippen LogP contribution in [0.4, 0.5) is 5.82 Å². The first kappa shape index (κ1) is 18.0. The van der Waals surface area contributed by atoms with E-state index < -0.39 is 0 Å². The number of hydrogen-bond acceptors (Lipinski definition) is 8. The van der Waals surface area contributed by atoms with E-state index in [1.807, 2.05) is 42.6 Å². The number of para-hydroxylation sites is 2. The van der Waals surface area contributed by atoms with Gasteiger partial charge in [0, 0.05) is 37.3 Å². The monoisotopic (exact) mass is 412 g/mol. The number of furan rings is 1. The Balaban J connectivity index is 1.11. The summed E-state index contributed by atoms with van der Waals surface area (Å²) in [6.07, 6.45) is 8.22. The molecule has 1 aliphatic rings. The molecule has 6 rings (SSSR count). The minimum absolute atomic E-state index is 0.412. The number of anilines is 1. The number of nitrogens with zero attached hydrogens (tertiary/aromatic N) is 6. The molecule has 0 radical (unpaired) electrons. The number of fused-ring (bicyclic) bond motifs is 2. The summed E-state index contributed by atoms with van der Waals surface area (Å²) in [6.45, 7) is 1.89. The zero-order chi connectivity index (χ0) is 20.6. The number of hydrogen-bond donors (Lipinski definition) is 0. The van der Waals surface area contributed by atoms with E-state index in [9.17, 15) is 0 Å². The molecule has 0 bridgehead atoms. The lowest BCUT2D eigenvalue weighted by Gasteiger charge is -2.32. The van der Waals surface area contributed by atoms with Gasteiger partial charge in [0.1, 0.15) is 11.4 Å². The van der Waals surface area contributed by atoms with Crippen molar-refractivity contribution in [1.82, 2.24) is 25.1 Å². The van der Waals surface area contributed by atoms with E-state index in [0.29, 0.717) is 17.6 Å². The molecule has 5 heterocycles. The molecule has 4 aromatic heterocycles. The highest BCUT2D eigenvalue weighted by atomic mass is 16.5. The topological polar surface area (TPSA) is 94.0 Å². The molecule has 31 heavy (non-hydrogen) atoms. The smallest absolute Gasteiger partial charge is 0.293 e. The summed E-state index contributed by atoms with van der Waals surface area (Å²) in [5.41, 5.74) is 2.62. The van der Waals surface area contributed by atoms with Crippen LogP contribution in [-0.4, -0.2) is 38.2 Å². The van der Waals surface area contributed by atoms with Gasteiger partial charge >= 0.3 is 0 Å². The van der Waals surface area contributed by atoms with Crippen molar-refractivity contribution in [3.63, 3.8) is 0 Å². The van der Waals surface area contributed by atoms with E-state index >= 15 is 0 Å². The molecule has 5 aromatic rings. The third-order valence-corrected chi connectivity index (χ3v) is 5.84. The fourth-order valence-electron chi connectivity index (χ4n) is 4.15. The van der Waals surface area contributed by atoms with Crippen LogP contribution in [0.1, 0.15) is 18.7 Å². The van der Waals surface area contributed by atoms with Gasteiger partial charge in [-0.25, -0.2) is 4.98 Å². The second-order valence-electron chi connectivity index (χ2n) is 7.89. The van der Waals surface area contributed by atoms with Crippen molar-refractivity contribution >= 4 is 27.8 Å². The molecule has 154 valence electrons. The average Bonchev–Trinajstić information content (AvgIpc) is 3.46. The van der Waals surface area contributed by atoms with E-state index in [4.69, 9.17) is 13.9 Å². The van der Waals surface area contributed by atoms with Crippen LogP contribution in [0.25, 0.3) is 33.7 Å². The summed E-state index contributed by atoms with van der Waals surface area (Å²) < 4.78 is 11.2. The molecule has 0 aliphatic carbocycles. The second kappa shape index (κ2) is 7.46. The van der Waals surface area contributed by atoms with E-state index in [-0.39, 0.29) is 0 Å². The molecule has 8 heteroatoms. The van der Waals surface area contributed by atoms with Crippen LogP contribution >= 0.6 is 0 Å². The van der Waals surface area contributed by atoms with Gasteiger partial charge in [-0.15, -0.1) is 0 Å². The standard InChI is InChI=1S/C23H20N6O2/c1-2-4-18-17(3-1)25-14-22(26-18)29-9-6-15(7-10-29)11-21-27-23(31-28-21)20-12-16-13-24-8-5-19(16)30-20/h1-5,8,12-15H,6-7,9-11H2. The fourth-order valence-corrected chi connectivity index (χ4v) is 4.15. The highest BCUT2D eigenvalue weighted by Gasteiger charge is 2.23. The first-order chi connectivity index (χ1) is 15.3. The summed E-state index contributed by atoms with van der Waals surface area (Å²) in [6, 6.07) is 11.7. The van der Waals surface area contributed by atoms with Crippen molar-refractivity contribution in [2.75, 3.05) is 18.0 Å². The van der Waals surface area contributed by atoms with E-state index in [1.165, 1.54) is 0 Å². The molecule has 1 aromatic carbocycles. The Labute approximate surface area is 177 Å². The molecule has 0 unspecified atom stereocenters. The number of pyridine rings is 1. The number of rotatable bonds is 4. The van der Waals surface area contributed by atoms with Gasteiger partial charge in [-0.05, 0) is 43.0 Å². The van der Waals surface area contributed by atoms with Crippen LogP contribution in [0.5, 0.6) is 0 Å². The minimum atomic E-state index is 0.412. The van der Waals surface area contributed by atoms with Crippen molar-refractivity contribution in [2.24, 2.45) is 5.92 Å². The quantitative estimate of drug-likeness (QED) is 0.432. The fraction of sp³-hybridized carbons (Fsp3) is 0.261. The van der Waals surface area contributed by atoms with Crippen molar-refractivity contribution in [1.29, 1.82) is 0 Å². The van der Waals surface area contributed by atoms with Gasteiger partial charge in [-0.3, -0.25) is 9.97 Å². The Hall–Kier alpha value is -3.81. The Morgan fingerprint density at radius 3 is 2.74 bits per heavy atom. The molecule has 0 saturated carbocycles. The zero-order valence-electron chi connectivity index (χ0n) is 16.8. The number of piperidine rings is 1. The highest BCUT2D eigenvalue weighted by molar-refractivity contribution is 5.80. The van der Waals surface area contributed by atoms with Crippen molar-refractivity contribution in [3.05, 3.63) is 60.8 Å². The van der Waals surface area contributed by atoms with Gasteiger partial charge in [0.05, 0.1) is 17.2 Å². The van der Waals surface area contributed by atoms with Gasteiger partial charge in [-0.2, -0.15) is 4.98 Å². The van der Waals surface area contributed by atoms with Gasteiger partial charge in [0.15, 0.2) is 11.6 Å². The van der Waals surface area contributed by atoms with Crippen LogP contribution in [-0.2, 0) is 6.42 Å². The maximum Gasteiger partial charge on any atom is 0.293 e. The van der Waals surface area contributed by atoms with E-state index in [1.54, 1.807) is 12.4 Å². The van der Waals surface area contributed by atoms with Gasteiger partial charge in [0.2, 0.25) is 0 Å². The maximum atomic E-state index is 5.80. The van der Waals surface area contributed by atoms with Gasteiger partial charge in [0.25, 0.3) is 5.89 Å². The lowest BCUT2D eigenvalue weighted by Crippen LogP contribution is -2.35. The summed E-state index contributed by atoms with van der Waals surface area (Å²) in [4.78, 5) is 20.3. The largest absolute Gasteiger partial charge is 0.451 e. The van der Waals surface area contributed by atoms with Crippen molar-refractivity contribution in [2.45, 2.75) is 19.3 Å². The molecular weight excluding hydrogens is 392 g/mol. The predicted molar refractivity (Wildman–Crippen MR) is 115 cm³/mol. The van der Waals surface area contributed by atoms with E-state index in [2.05, 4.69) is 25.0 Å². The Bertz CT molecular complexity index is 1320. The summed E-state index contributed by atoms with van der Waals surface area (Å²) >= 11 is 0. The van der Waals surface area contributed by atoms with Crippen molar-refractivity contribution < 1.29 is 8.94 Å². The summed E-state index contributed by atoms with van der Waals surface area (Å²) in [5, 5.41) is 5.09. The molecule has 0 spiro atoms. The molecular formula is C23H20N6O2. The molecule has 1 aliphatic heterocycles. The third-order valence-electron chi connectivity index (χ3n) is 5.84. The third kappa shape index (κ3) is 3.50. The zero-order valence-corrected chi connectivity index (χ0v) is 16.8. The van der Waals surface area contributed by atoms with Gasteiger partial charge < -0.3 is 13.8 Å². The predicted octanol–water partition coefficient (Wildman–Crippen LogP) is 4.28. The summed E-state index contributed by atoms with van der Waals surface area (Å²) in [7, 11) is 0. The summed E-state index contributed by atoms with van der Waals surface area (Å²) in [5.74, 6) is 3.16. The molecule has 8 nitrogen and oxygen atoms in total. The Morgan fingerprint density at radius 2 is 1.87 bits per heavy atom. The lowest BCUT2D eigenvalue weighted by molar-refractivity contribution is 0.375. The SMILES string of the molecule is c1ccc2nc(N3CCC(Cc4noc(-c5cc6cnccc6o5)n4)CC3)cnc2c1. The first-order valence-corrected chi connectivity index (χ1v) is 10.4.